The van der Waals surface area contributed by atoms with Gasteiger partial charge in [-0.05, 0) is 12.1 Å². The maximum absolute atomic E-state index is 11.7. The molecule has 0 aliphatic rings. The van der Waals surface area contributed by atoms with Crippen LogP contribution in [-0.2, 0) is 11.8 Å². The van der Waals surface area contributed by atoms with Crippen molar-refractivity contribution in [1.29, 1.82) is 0 Å². The lowest BCUT2D eigenvalue weighted by Crippen LogP contribution is -2.29. The second kappa shape index (κ2) is 6.10. The lowest BCUT2D eigenvalue weighted by Gasteiger charge is -2.01. The quantitative estimate of drug-likeness (QED) is 0.906. The molecular weight excluding hydrogens is 262 g/mol. The van der Waals surface area contributed by atoms with Gasteiger partial charge in [0.05, 0.1) is 6.54 Å². The summed E-state index contributed by atoms with van der Waals surface area (Å²) in [5, 5.41) is 4.39. The van der Waals surface area contributed by atoms with E-state index in [1.165, 1.54) is 11.3 Å². The zero-order valence-electron chi connectivity index (χ0n) is 10.4. The van der Waals surface area contributed by atoms with Crippen molar-refractivity contribution >= 4 is 23.2 Å². The third kappa shape index (κ3) is 3.62. The second-order valence-corrected chi connectivity index (χ2v) is 4.72. The van der Waals surface area contributed by atoms with Crippen LogP contribution in [0.3, 0.4) is 0 Å². The molecule has 0 unspecified atom stereocenters. The molecule has 19 heavy (non-hydrogen) atoms. The van der Waals surface area contributed by atoms with Gasteiger partial charge in [-0.25, -0.2) is 0 Å². The van der Waals surface area contributed by atoms with Crippen LogP contribution in [0.2, 0.25) is 0 Å². The number of nitrogens with zero attached hydrogens (tertiary/aromatic N) is 2. The van der Waals surface area contributed by atoms with Crippen molar-refractivity contribution in [2.75, 3.05) is 6.54 Å². The highest BCUT2D eigenvalue weighted by molar-refractivity contribution is 7.07. The van der Waals surface area contributed by atoms with Gasteiger partial charge in [0.15, 0.2) is 4.80 Å². The van der Waals surface area contributed by atoms with Gasteiger partial charge in [-0.3, -0.25) is 9.59 Å². The molecule has 1 aromatic carbocycles. The van der Waals surface area contributed by atoms with E-state index in [1.54, 1.807) is 28.8 Å². The van der Waals surface area contributed by atoms with Crippen molar-refractivity contribution in [2.45, 2.75) is 0 Å². The van der Waals surface area contributed by atoms with Gasteiger partial charge in [0, 0.05) is 24.2 Å². The summed E-state index contributed by atoms with van der Waals surface area (Å²) < 4.78 is 1.75. The zero-order chi connectivity index (χ0) is 13.7. The minimum Gasteiger partial charge on any atom is -0.343 e. The smallest absolute Gasteiger partial charge is 0.267 e. The Morgan fingerprint density at radius 2 is 2.05 bits per heavy atom. The van der Waals surface area contributed by atoms with E-state index < -0.39 is 0 Å². The molecular formula is C13H13N3O2S. The van der Waals surface area contributed by atoms with Crippen molar-refractivity contribution in [3.05, 3.63) is 52.3 Å². The number of benzene rings is 1. The van der Waals surface area contributed by atoms with Crippen molar-refractivity contribution in [1.82, 2.24) is 9.88 Å². The van der Waals surface area contributed by atoms with Gasteiger partial charge in [0.1, 0.15) is 0 Å². The van der Waals surface area contributed by atoms with E-state index >= 15 is 0 Å². The molecule has 2 amide bonds. The molecule has 0 saturated carbocycles. The topological polar surface area (TPSA) is 63.5 Å². The average molecular weight is 275 g/mol. The van der Waals surface area contributed by atoms with Crippen LogP contribution in [0.5, 0.6) is 0 Å². The Bertz CT molecular complexity index is 643. The van der Waals surface area contributed by atoms with Gasteiger partial charge in [-0.15, -0.1) is 11.3 Å². The number of aryl methyl sites for hydroxylation is 1. The second-order valence-electron chi connectivity index (χ2n) is 3.85. The summed E-state index contributed by atoms with van der Waals surface area (Å²) in [5.74, 6) is -0.651. The summed E-state index contributed by atoms with van der Waals surface area (Å²) in [4.78, 5) is 27.8. The summed E-state index contributed by atoms with van der Waals surface area (Å²) in [5.41, 5.74) is 0.525. The summed E-state index contributed by atoms with van der Waals surface area (Å²) in [6.07, 6.45) is 1.82. The number of hydrogen-bond donors (Lipinski definition) is 1. The number of hydrogen-bond acceptors (Lipinski definition) is 3. The molecule has 5 nitrogen and oxygen atoms in total. The fourth-order valence-electron chi connectivity index (χ4n) is 1.43. The van der Waals surface area contributed by atoms with Crippen LogP contribution in [0.1, 0.15) is 10.4 Å². The molecule has 1 N–H and O–H groups in total. The highest BCUT2D eigenvalue weighted by atomic mass is 32.1. The Morgan fingerprint density at radius 3 is 2.68 bits per heavy atom. The maximum atomic E-state index is 11.7. The normalized spacial score (nSPS) is 11.3. The van der Waals surface area contributed by atoms with E-state index in [9.17, 15) is 9.59 Å². The van der Waals surface area contributed by atoms with Gasteiger partial charge in [-0.2, -0.15) is 4.99 Å². The summed E-state index contributed by atoms with van der Waals surface area (Å²) >= 11 is 1.37. The molecule has 6 heteroatoms. The largest absolute Gasteiger partial charge is 0.343 e. The van der Waals surface area contributed by atoms with Gasteiger partial charge < -0.3 is 9.88 Å². The predicted octanol–water partition coefficient (Wildman–Crippen LogP) is 0.944. The summed E-state index contributed by atoms with van der Waals surface area (Å²) in [7, 11) is 1.81. The lowest BCUT2D eigenvalue weighted by atomic mass is 10.2. The number of carbonyl (C=O) groups excluding carboxylic acids is 2. The average Bonchev–Trinajstić information content (AvgIpc) is 2.82. The molecule has 0 spiro atoms. The van der Waals surface area contributed by atoms with E-state index in [-0.39, 0.29) is 18.4 Å². The van der Waals surface area contributed by atoms with E-state index in [4.69, 9.17) is 0 Å². The first-order valence-corrected chi connectivity index (χ1v) is 6.56. The third-order valence-corrected chi connectivity index (χ3v) is 3.26. The maximum Gasteiger partial charge on any atom is 0.267 e. The van der Waals surface area contributed by atoms with Gasteiger partial charge >= 0.3 is 0 Å². The van der Waals surface area contributed by atoms with Crippen LogP contribution in [0.15, 0.2) is 46.9 Å². The molecule has 0 atom stereocenters. The molecule has 0 radical (unpaired) electrons. The lowest BCUT2D eigenvalue weighted by molar-refractivity contribution is -0.117. The highest BCUT2D eigenvalue weighted by Crippen LogP contribution is 1.97. The number of nitrogens with one attached hydrogen (secondary N) is 1. The molecule has 2 rings (SSSR count). The Hall–Kier alpha value is -2.21. The molecule has 2 aromatic rings. The predicted molar refractivity (Wildman–Crippen MR) is 72.6 cm³/mol. The van der Waals surface area contributed by atoms with E-state index in [2.05, 4.69) is 10.3 Å². The van der Waals surface area contributed by atoms with Crippen molar-refractivity contribution in [3.63, 3.8) is 0 Å². The summed E-state index contributed by atoms with van der Waals surface area (Å²) in [6.45, 7) is -0.106. The summed E-state index contributed by atoms with van der Waals surface area (Å²) in [6, 6.07) is 8.75. The van der Waals surface area contributed by atoms with Gasteiger partial charge in [-0.1, -0.05) is 18.2 Å². The fourth-order valence-corrected chi connectivity index (χ4v) is 2.18. The van der Waals surface area contributed by atoms with Crippen molar-refractivity contribution < 1.29 is 9.59 Å². The number of amides is 2. The molecule has 0 bridgehead atoms. The van der Waals surface area contributed by atoms with Crippen LogP contribution in [0.4, 0.5) is 0 Å². The minimum absolute atomic E-state index is 0.106. The van der Waals surface area contributed by atoms with Gasteiger partial charge in [0.25, 0.3) is 11.8 Å². The Kier molecular flexibility index (Phi) is 4.25. The van der Waals surface area contributed by atoms with Crippen molar-refractivity contribution in [3.8, 4) is 0 Å². The fraction of sp³-hybridized carbons (Fsp3) is 0.154. The number of aromatic nitrogens is 1. The molecule has 0 aliphatic heterocycles. The van der Waals surface area contributed by atoms with Crippen LogP contribution in [0.25, 0.3) is 0 Å². The zero-order valence-corrected chi connectivity index (χ0v) is 11.2. The Morgan fingerprint density at radius 1 is 1.32 bits per heavy atom. The third-order valence-electron chi connectivity index (χ3n) is 2.42. The molecule has 0 aliphatic carbocycles. The SMILES string of the molecule is Cn1ccsc1=NC(=O)CNC(=O)c1ccccc1. The standard InChI is InChI=1S/C13H13N3O2S/c1-16-7-8-19-13(16)15-11(17)9-14-12(18)10-5-3-2-4-6-10/h2-8H,9H2,1H3,(H,14,18). The molecule has 1 heterocycles. The number of rotatable bonds is 3. The van der Waals surface area contributed by atoms with Crippen LogP contribution in [-0.4, -0.2) is 22.9 Å². The number of thiazole rings is 1. The first kappa shape index (κ1) is 13.2. The molecule has 0 fully saturated rings. The van der Waals surface area contributed by atoms with E-state index in [1.807, 2.05) is 24.7 Å². The van der Waals surface area contributed by atoms with Gasteiger partial charge in [0.2, 0.25) is 0 Å². The van der Waals surface area contributed by atoms with Crippen LogP contribution < -0.4 is 10.1 Å². The van der Waals surface area contributed by atoms with Crippen molar-refractivity contribution in [2.24, 2.45) is 12.0 Å². The highest BCUT2D eigenvalue weighted by Gasteiger charge is 2.06. The van der Waals surface area contributed by atoms with E-state index in [0.29, 0.717) is 10.4 Å². The molecule has 98 valence electrons. The van der Waals surface area contributed by atoms with E-state index in [0.717, 1.165) is 0 Å². The Balaban J connectivity index is 1.95. The van der Waals surface area contributed by atoms with Crippen LogP contribution >= 0.6 is 11.3 Å². The first-order valence-electron chi connectivity index (χ1n) is 5.68. The molecule has 0 saturated heterocycles. The number of carbonyl (C=O) groups is 2. The minimum atomic E-state index is -0.373. The van der Waals surface area contributed by atoms with Crippen LogP contribution in [0, 0.1) is 0 Å². The first-order chi connectivity index (χ1) is 9.16. The monoisotopic (exact) mass is 275 g/mol. The Labute approximate surface area is 114 Å². The molecule has 1 aromatic heterocycles.